The van der Waals surface area contributed by atoms with Crippen molar-refractivity contribution in [3.8, 4) is 0 Å². The molecule has 2 fully saturated rings. The number of amides is 1. The predicted octanol–water partition coefficient (Wildman–Crippen LogP) is 3.76. The lowest BCUT2D eigenvalue weighted by atomic mass is 9.93. The van der Waals surface area contributed by atoms with Crippen molar-refractivity contribution >= 4 is 27.5 Å². The second-order valence-electron chi connectivity index (χ2n) is 7.76. The summed E-state index contributed by atoms with van der Waals surface area (Å²) in [7, 11) is 0. The summed E-state index contributed by atoms with van der Waals surface area (Å²) in [5, 5.41) is 3.31. The van der Waals surface area contributed by atoms with Gasteiger partial charge in [0.15, 0.2) is 0 Å². The van der Waals surface area contributed by atoms with E-state index in [1.807, 2.05) is 18.3 Å². The first-order valence-electron chi connectivity index (χ1n) is 9.83. The lowest BCUT2D eigenvalue weighted by Crippen LogP contribution is -2.46. The SMILES string of the molecule is O=C(NC1CCCCC1)C1CCCN(Cc2cn3cc(Br)ccc3n2)C1. The van der Waals surface area contributed by atoms with Gasteiger partial charge in [0, 0.05) is 36.0 Å². The van der Waals surface area contributed by atoms with Gasteiger partial charge in [0.2, 0.25) is 5.91 Å². The van der Waals surface area contributed by atoms with E-state index >= 15 is 0 Å². The summed E-state index contributed by atoms with van der Waals surface area (Å²) < 4.78 is 3.10. The van der Waals surface area contributed by atoms with Gasteiger partial charge in [0.1, 0.15) is 5.65 Å². The van der Waals surface area contributed by atoms with Gasteiger partial charge in [-0.2, -0.15) is 0 Å². The molecule has 1 saturated heterocycles. The number of piperidine rings is 1. The number of carbonyl (C=O) groups excluding carboxylic acids is 1. The highest BCUT2D eigenvalue weighted by Crippen LogP contribution is 2.22. The molecule has 1 N–H and O–H groups in total. The molecule has 1 aliphatic heterocycles. The van der Waals surface area contributed by atoms with E-state index in [1.165, 1.54) is 19.3 Å². The molecule has 0 aromatic carbocycles. The number of likely N-dealkylation sites (tertiary alicyclic amines) is 1. The molecule has 0 spiro atoms. The molecule has 1 aliphatic carbocycles. The number of rotatable bonds is 4. The largest absolute Gasteiger partial charge is 0.353 e. The Morgan fingerprint density at radius 2 is 2.00 bits per heavy atom. The minimum Gasteiger partial charge on any atom is -0.353 e. The standard InChI is InChI=1S/C20H27BrN4O/c21-16-8-9-19-22-18(14-25(19)12-16)13-24-10-4-5-15(11-24)20(26)23-17-6-2-1-3-7-17/h8-9,12,14-15,17H,1-7,10-11,13H2,(H,23,26). The van der Waals surface area contributed by atoms with Crippen LogP contribution in [0.1, 0.15) is 50.6 Å². The summed E-state index contributed by atoms with van der Waals surface area (Å²) in [6.45, 7) is 2.70. The van der Waals surface area contributed by atoms with Crippen molar-refractivity contribution in [2.45, 2.75) is 57.5 Å². The second kappa shape index (κ2) is 8.09. The predicted molar refractivity (Wildman–Crippen MR) is 106 cm³/mol. The number of aromatic nitrogens is 2. The van der Waals surface area contributed by atoms with Crippen LogP contribution in [-0.4, -0.2) is 39.3 Å². The molecule has 2 aromatic heterocycles. The number of nitrogens with one attached hydrogen (secondary N) is 1. The Labute approximate surface area is 163 Å². The van der Waals surface area contributed by atoms with E-state index in [0.717, 1.165) is 61.1 Å². The highest BCUT2D eigenvalue weighted by molar-refractivity contribution is 9.10. The quantitative estimate of drug-likeness (QED) is 0.821. The zero-order valence-electron chi connectivity index (χ0n) is 15.2. The molecule has 5 nitrogen and oxygen atoms in total. The van der Waals surface area contributed by atoms with Gasteiger partial charge < -0.3 is 9.72 Å². The molecule has 1 saturated carbocycles. The molecule has 140 valence electrons. The third-order valence-corrected chi connectivity index (χ3v) is 6.15. The van der Waals surface area contributed by atoms with Crippen LogP contribution in [0, 0.1) is 5.92 Å². The fourth-order valence-electron chi connectivity index (χ4n) is 4.30. The first-order chi connectivity index (χ1) is 12.7. The van der Waals surface area contributed by atoms with Crippen LogP contribution in [0.25, 0.3) is 5.65 Å². The van der Waals surface area contributed by atoms with Gasteiger partial charge in [-0.25, -0.2) is 4.98 Å². The van der Waals surface area contributed by atoms with Gasteiger partial charge in [-0.1, -0.05) is 19.3 Å². The van der Waals surface area contributed by atoms with E-state index in [-0.39, 0.29) is 11.8 Å². The molecule has 0 radical (unpaired) electrons. The number of hydrogen-bond acceptors (Lipinski definition) is 3. The second-order valence-corrected chi connectivity index (χ2v) is 8.68. The minimum absolute atomic E-state index is 0.122. The zero-order valence-corrected chi connectivity index (χ0v) is 16.7. The maximum atomic E-state index is 12.7. The smallest absolute Gasteiger partial charge is 0.224 e. The number of fused-ring (bicyclic) bond motifs is 1. The molecule has 1 amide bonds. The van der Waals surface area contributed by atoms with Crippen LogP contribution in [0.3, 0.4) is 0 Å². The highest BCUT2D eigenvalue weighted by atomic mass is 79.9. The Hall–Kier alpha value is -1.40. The fourth-order valence-corrected chi connectivity index (χ4v) is 4.65. The zero-order chi connectivity index (χ0) is 17.9. The van der Waals surface area contributed by atoms with Crippen molar-refractivity contribution in [2.75, 3.05) is 13.1 Å². The van der Waals surface area contributed by atoms with Crippen molar-refractivity contribution < 1.29 is 4.79 Å². The van der Waals surface area contributed by atoms with Crippen LogP contribution < -0.4 is 5.32 Å². The number of halogens is 1. The molecular formula is C20H27BrN4O. The summed E-state index contributed by atoms with van der Waals surface area (Å²) in [4.78, 5) is 19.8. The van der Waals surface area contributed by atoms with Crippen LogP contribution >= 0.6 is 15.9 Å². The van der Waals surface area contributed by atoms with Gasteiger partial charge in [-0.05, 0) is 60.3 Å². The van der Waals surface area contributed by atoms with Gasteiger partial charge >= 0.3 is 0 Å². The maximum absolute atomic E-state index is 12.7. The van der Waals surface area contributed by atoms with Crippen LogP contribution in [0.5, 0.6) is 0 Å². The lowest BCUT2D eigenvalue weighted by Gasteiger charge is -2.33. The molecule has 0 bridgehead atoms. The Kier molecular flexibility index (Phi) is 5.60. The number of pyridine rings is 1. The Bertz CT molecular complexity index is 768. The Balaban J connectivity index is 1.35. The fraction of sp³-hybridized carbons (Fsp3) is 0.600. The topological polar surface area (TPSA) is 49.6 Å². The first kappa shape index (κ1) is 18.0. The van der Waals surface area contributed by atoms with Gasteiger partial charge in [0.05, 0.1) is 11.6 Å². The summed E-state index contributed by atoms with van der Waals surface area (Å²) >= 11 is 3.50. The first-order valence-corrected chi connectivity index (χ1v) is 10.6. The molecule has 2 aliphatic rings. The normalized spacial score (nSPS) is 22.6. The van der Waals surface area contributed by atoms with Crippen LogP contribution in [0.2, 0.25) is 0 Å². The maximum Gasteiger partial charge on any atom is 0.224 e. The molecule has 1 atom stereocenters. The van der Waals surface area contributed by atoms with Crippen molar-refractivity contribution in [1.29, 1.82) is 0 Å². The third kappa shape index (κ3) is 4.29. The number of nitrogens with zero attached hydrogens (tertiary/aromatic N) is 3. The summed E-state index contributed by atoms with van der Waals surface area (Å²) in [5.41, 5.74) is 2.03. The monoisotopic (exact) mass is 418 g/mol. The lowest BCUT2D eigenvalue weighted by molar-refractivity contribution is -0.127. The van der Waals surface area contributed by atoms with Crippen molar-refractivity contribution in [1.82, 2.24) is 19.6 Å². The number of carbonyl (C=O) groups is 1. The molecule has 1 unspecified atom stereocenters. The van der Waals surface area contributed by atoms with Crippen LogP contribution in [0.4, 0.5) is 0 Å². The molecule has 4 rings (SSSR count). The average Bonchev–Trinajstić information content (AvgIpc) is 3.04. The number of hydrogen-bond donors (Lipinski definition) is 1. The Morgan fingerprint density at radius 1 is 1.15 bits per heavy atom. The van der Waals surface area contributed by atoms with Crippen LogP contribution in [0.15, 0.2) is 29.0 Å². The summed E-state index contributed by atoms with van der Waals surface area (Å²) in [6, 6.07) is 4.44. The molecule has 26 heavy (non-hydrogen) atoms. The van der Waals surface area contributed by atoms with E-state index < -0.39 is 0 Å². The van der Waals surface area contributed by atoms with E-state index in [2.05, 4.69) is 36.7 Å². The van der Waals surface area contributed by atoms with Crippen LogP contribution in [-0.2, 0) is 11.3 Å². The molecular weight excluding hydrogens is 392 g/mol. The van der Waals surface area contributed by atoms with E-state index in [9.17, 15) is 4.79 Å². The van der Waals surface area contributed by atoms with Crippen molar-refractivity contribution in [3.05, 3.63) is 34.7 Å². The molecule has 6 heteroatoms. The Morgan fingerprint density at radius 3 is 2.85 bits per heavy atom. The van der Waals surface area contributed by atoms with E-state index in [0.29, 0.717) is 6.04 Å². The summed E-state index contributed by atoms with van der Waals surface area (Å²) in [5.74, 6) is 0.386. The highest BCUT2D eigenvalue weighted by Gasteiger charge is 2.28. The van der Waals surface area contributed by atoms with Gasteiger partial charge in [-0.3, -0.25) is 9.69 Å². The third-order valence-electron chi connectivity index (χ3n) is 5.68. The number of imidazole rings is 1. The molecule has 3 heterocycles. The molecule has 2 aromatic rings. The van der Waals surface area contributed by atoms with E-state index in [4.69, 9.17) is 4.98 Å². The van der Waals surface area contributed by atoms with Crippen molar-refractivity contribution in [3.63, 3.8) is 0 Å². The average molecular weight is 419 g/mol. The van der Waals surface area contributed by atoms with Gasteiger partial charge in [0.25, 0.3) is 0 Å². The minimum atomic E-state index is 0.122. The summed E-state index contributed by atoms with van der Waals surface area (Å²) in [6.07, 6.45) is 12.3. The van der Waals surface area contributed by atoms with Crippen molar-refractivity contribution in [2.24, 2.45) is 5.92 Å². The van der Waals surface area contributed by atoms with E-state index in [1.54, 1.807) is 0 Å². The van der Waals surface area contributed by atoms with Gasteiger partial charge in [-0.15, -0.1) is 0 Å².